The number of carbonyl (C=O) groups is 1. The highest BCUT2D eigenvalue weighted by molar-refractivity contribution is 7.18. The largest absolute Gasteiger partial charge is 0.490 e. The number of ether oxygens (including phenoxy) is 1. The van der Waals surface area contributed by atoms with Crippen LogP contribution in [-0.2, 0) is 18.4 Å². The number of aliphatic hydroxyl groups is 1. The number of aryl methyl sites for hydroxylation is 1. The summed E-state index contributed by atoms with van der Waals surface area (Å²) in [6.45, 7) is 9.36. The fourth-order valence-corrected chi connectivity index (χ4v) is 7.42. The molecule has 0 unspecified atom stereocenters. The molecule has 0 radical (unpaired) electrons. The number of benzene rings is 2. The van der Waals surface area contributed by atoms with Crippen molar-refractivity contribution in [3.05, 3.63) is 84.0 Å². The maximum absolute atomic E-state index is 16.1. The van der Waals surface area contributed by atoms with Crippen molar-refractivity contribution in [2.24, 2.45) is 7.05 Å². The number of aliphatic hydroxyl groups excluding tert-OH is 1. The molecule has 0 fully saturated rings. The van der Waals surface area contributed by atoms with Gasteiger partial charge in [0.15, 0.2) is 0 Å². The normalized spacial score (nSPS) is 16.9. The van der Waals surface area contributed by atoms with Crippen LogP contribution in [0.3, 0.4) is 0 Å². The van der Waals surface area contributed by atoms with Gasteiger partial charge in [-0.05, 0) is 50.4 Å². The van der Waals surface area contributed by atoms with Crippen molar-refractivity contribution >= 4 is 38.2 Å². The van der Waals surface area contributed by atoms with Crippen LogP contribution in [0.4, 0.5) is 8.78 Å². The summed E-state index contributed by atoms with van der Waals surface area (Å²) in [7, 11) is 1.86. The molecule has 0 bridgehead atoms. The molecule has 4 aromatic heterocycles. The van der Waals surface area contributed by atoms with Gasteiger partial charge in [0.05, 0.1) is 41.2 Å². The van der Waals surface area contributed by atoms with Gasteiger partial charge in [-0.15, -0.1) is 11.3 Å². The highest BCUT2D eigenvalue weighted by atomic mass is 32.1. The first-order chi connectivity index (χ1) is 22.5. The molecule has 240 valence electrons. The number of hydrogen-bond donors (Lipinski definition) is 1. The van der Waals surface area contributed by atoms with Gasteiger partial charge in [-0.1, -0.05) is 18.7 Å². The minimum atomic E-state index is -0.873. The van der Waals surface area contributed by atoms with E-state index in [0.717, 1.165) is 39.7 Å². The first-order valence-electron chi connectivity index (χ1n) is 15.2. The molecule has 1 aliphatic rings. The topological polar surface area (TPSA) is 98.3 Å². The summed E-state index contributed by atoms with van der Waals surface area (Å²) in [6.07, 6.45) is 2.37. The minimum absolute atomic E-state index is 0.0181. The zero-order chi connectivity index (χ0) is 33.1. The second-order valence-electron chi connectivity index (χ2n) is 12.0. The second-order valence-corrected chi connectivity index (χ2v) is 12.9. The molecule has 0 saturated heterocycles. The lowest BCUT2D eigenvalue weighted by molar-refractivity contribution is -0.131. The number of thiophene rings is 1. The number of amides is 1. The predicted octanol–water partition coefficient (Wildman–Crippen LogP) is 6.90. The predicted molar refractivity (Wildman–Crippen MR) is 178 cm³/mol. The first kappa shape index (κ1) is 30.7. The summed E-state index contributed by atoms with van der Waals surface area (Å²) in [5, 5.41) is 23.2. The Balaban J connectivity index is 1.52. The van der Waals surface area contributed by atoms with Gasteiger partial charge in [0, 0.05) is 58.0 Å². The third kappa shape index (κ3) is 5.27. The molecule has 7 rings (SSSR count). The van der Waals surface area contributed by atoms with Crippen molar-refractivity contribution in [1.82, 2.24) is 29.4 Å². The van der Waals surface area contributed by atoms with Crippen LogP contribution in [0, 0.1) is 11.6 Å². The lowest BCUT2D eigenvalue weighted by atomic mass is 9.96. The molecule has 47 heavy (non-hydrogen) atoms. The molecule has 1 N–H and O–H groups in total. The summed E-state index contributed by atoms with van der Waals surface area (Å²) in [5.74, 6) is -1.88. The van der Waals surface area contributed by atoms with E-state index in [2.05, 4.69) is 11.7 Å². The number of fused-ring (bicyclic) bond motifs is 3. The van der Waals surface area contributed by atoms with E-state index >= 15 is 4.39 Å². The van der Waals surface area contributed by atoms with E-state index in [1.54, 1.807) is 9.58 Å². The fourth-order valence-electron chi connectivity index (χ4n) is 6.47. The molecular formula is C35H32F2N6O3S. The maximum atomic E-state index is 16.1. The van der Waals surface area contributed by atoms with Crippen molar-refractivity contribution < 1.29 is 23.4 Å². The monoisotopic (exact) mass is 654 g/mol. The molecule has 2 aromatic carbocycles. The Labute approximate surface area is 273 Å². The lowest BCUT2D eigenvalue weighted by Crippen LogP contribution is -2.46. The third-order valence-corrected chi connectivity index (χ3v) is 9.42. The Kier molecular flexibility index (Phi) is 7.64. The Bertz CT molecular complexity index is 2200. The number of carbonyl (C=O) groups excluding carboxylic acids is 1. The van der Waals surface area contributed by atoms with Crippen LogP contribution in [-0.4, -0.2) is 59.2 Å². The molecule has 12 heteroatoms. The summed E-state index contributed by atoms with van der Waals surface area (Å²) in [6, 6.07) is 11.2. The summed E-state index contributed by atoms with van der Waals surface area (Å²) < 4.78 is 40.9. The molecular weight excluding hydrogens is 622 g/mol. The summed E-state index contributed by atoms with van der Waals surface area (Å²) in [4.78, 5) is 19.8. The van der Waals surface area contributed by atoms with Crippen molar-refractivity contribution in [3.8, 4) is 39.5 Å². The molecule has 1 aliphatic heterocycles. The number of pyridine rings is 1. The van der Waals surface area contributed by atoms with Gasteiger partial charge in [0.1, 0.15) is 35.4 Å². The van der Waals surface area contributed by atoms with Gasteiger partial charge < -0.3 is 14.7 Å². The van der Waals surface area contributed by atoms with Crippen LogP contribution in [0.5, 0.6) is 5.75 Å². The highest BCUT2D eigenvalue weighted by Crippen LogP contribution is 2.47. The van der Waals surface area contributed by atoms with Crippen LogP contribution in [0.2, 0.25) is 0 Å². The van der Waals surface area contributed by atoms with Gasteiger partial charge in [0.25, 0.3) is 0 Å². The molecule has 9 nitrogen and oxygen atoms in total. The van der Waals surface area contributed by atoms with E-state index in [1.807, 2.05) is 67.5 Å². The lowest BCUT2D eigenvalue weighted by Gasteiger charge is -2.38. The number of nitrogens with zero attached hydrogens (tertiary/aromatic N) is 6. The third-order valence-electron chi connectivity index (χ3n) is 8.49. The maximum Gasteiger partial charge on any atom is 0.246 e. The van der Waals surface area contributed by atoms with Crippen molar-refractivity contribution in [1.29, 1.82) is 0 Å². The Hall–Kier alpha value is -4.94. The van der Waals surface area contributed by atoms with Crippen LogP contribution < -0.4 is 4.74 Å². The van der Waals surface area contributed by atoms with Gasteiger partial charge >= 0.3 is 0 Å². The van der Waals surface area contributed by atoms with Gasteiger partial charge in [-0.25, -0.2) is 13.8 Å². The zero-order valence-corrected chi connectivity index (χ0v) is 27.1. The van der Waals surface area contributed by atoms with Crippen LogP contribution >= 0.6 is 11.3 Å². The minimum Gasteiger partial charge on any atom is -0.490 e. The van der Waals surface area contributed by atoms with E-state index in [1.165, 1.54) is 24.3 Å². The number of hydrogen-bond acceptors (Lipinski definition) is 7. The molecule has 6 aromatic rings. The van der Waals surface area contributed by atoms with E-state index < -0.39 is 17.7 Å². The second kappa shape index (κ2) is 11.7. The van der Waals surface area contributed by atoms with Crippen molar-refractivity contribution in [2.45, 2.75) is 45.5 Å². The first-order valence-corrected chi connectivity index (χ1v) is 16.1. The molecule has 0 spiro atoms. The molecule has 3 atom stereocenters. The van der Waals surface area contributed by atoms with Crippen LogP contribution in [0.15, 0.2) is 66.7 Å². The van der Waals surface area contributed by atoms with E-state index in [4.69, 9.17) is 14.8 Å². The van der Waals surface area contributed by atoms with Gasteiger partial charge in [-0.3, -0.25) is 14.2 Å². The molecule has 0 aliphatic carbocycles. The number of rotatable bonds is 7. The Morgan fingerprint density at radius 2 is 1.96 bits per heavy atom. The van der Waals surface area contributed by atoms with Crippen molar-refractivity contribution in [2.75, 3.05) is 6.61 Å². The smallest absolute Gasteiger partial charge is 0.246 e. The van der Waals surface area contributed by atoms with Crippen molar-refractivity contribution in [3.63, 3.8) is 0 Å². The van der Waals surface area contributed by atoms with E-state index in [9.17, 15) is 14.3 Å². The molecule has 1 amide bonds. The summed E-state index contributed by atoms with van der Waals surface area (Å²) in [5.41, 5.74) is 4.29. The highest BCUT2D eigenvalue weighted by Gasteiger charge is 2.34. The summed E-state index contributed by atoms with van der Waals surface area (Å²) >= 11 is 1.40. The Morgan fingerprint density at radius 3 is 2.72 bits per heavy atom. The van der Waals surface area contributed by atoms with Gasteiger partial charge in [-0.2, -0.15) is 10.2 Å². The van der Waals surface area contributed by atoms with Crippen LogP contribution in [0.1, 0.15) is 32.5 Å². The molecule has 5 heterocycles. The fraction of sp³-hybridized carbons (Fsp3) is 0.257. The van der Waals surface area contributed by atoms with E-state index in [0.29, 0.717) is 33.9 Å². The van der Waals surface area contributed by atoms with E-state index in [-0.39, 0.29) is 35.9 Å². The molecule has 0 saturated carbocycles. The average Bonchev–Trinajstić information content (AvgIpc) is 3.77. The number of aromatic nitrogens is 5. The average molecular weight is 655 g/mol. The number of halogens is 2. The van der Waals surface area contributed by atoms with Crippen LogP contribution in [0.25, 0.3) is 54.8 Å². The Morgan fingerprint density at radius 1 is 1.15 bits per heavy atom. The standard InChI is InChI=1S/C35H32F2N6O3S/c1-6-30(45)43-18(2)15-42-28(20(43)4)14-27(40-42)34-32(31-25(37)12-23(36)13-29(31)46-17-19(3)44)35-24(9-10-47-35)33(38-34)21-7-8-22-16-41(5)39-26(22)11-21/h6-14,16,18-20,44H,1,15,17H2,2-5H3/t18-,19-,20+/m1/s1. The SMILES string of the molecule is C=CC(=O)N1[C@H](C)Cn2nc(-c3nc(-c4ccc5cn(C)nc5c4)c4ccsc4c3-c3c(F)cc(F)cc3OC[C@@H](C)O)cc2[C@@H]1C. The van der Waals surface area contributed by atoms with Gasteiger partial charge in [0.2, 0.25) is 5.91 Å². The quantitative estimate of drug-likeness (QED) is 0.188. The zero-order valence-electron chi connectivity index (χ0n) is 26.2.